The largest absolute Gasteiger partial charge is 0.489 e. The topological polar surface area (TPSA) is 117 Å². The highest BCUT2D eigenvalue weighted by Gasteiger charge is 2.31. The molecule has 0 unspecified atom stereocenters. The lowest BCUT2D eigenvalue weighted by molar-refractivity contribution is 0.0933. The van der Waals surface area contributed by atoms with E-state index in [2.05, 4.69) is 16.4 Å². The molecular formula is C32H31ClN4O5. The van der Waals surface area contributed by atoms with Crippen LogP contribution in [-0.2, 0) is 16.1 Å². The van der Waals surface area contributed by atoms with E-state index in [9.17, 15) is 15.2 Å². The normalized spacial score (nSPS) is 16.6. The van der Waals surface area contributed by atoms with Crippen molar-refractivity contribution in [3.8, 4) is 22.9 Å². The molecule has 0 bridgehead atoms. The maximum atomic E-state index is 12.4. The van der Waals surface area contributed by atoms with Crippen molar-refractivity contribution < 1.29 is 24.1 Å². The Balaban J connectivity index is 1.36. The Labute approximate surface area is 249 Å². The fourth-order valence-corrected chi connectivity index (χ4v) is 5.37. The van der Waals surface area contributed by atoms with Crippen LogP contribution in [-0.4, -0.2) is 61.7 Å². The number of nitrogens with one attached hydrogen (secondary N) is 1. The number of carbonyl (C=O) groups is 1. The summed E-state index contributed by atoms with van der Waals surface area (Å²) < 4.78 is 16.4. The number of aromatic nitrogens is 1. The number of benzene rings is 3. The fraction of sp³-hybridized carbons (Fsp3) is 0.281. The van der Waals surface area contributed by atoms with Gasteiger partial charge in [-0.2, -0.15) is 5.26 Å². The summed E-state index contributed by atoms with van der Waals surface area (Å²) >= 11 is 6.71. The first-order chi connectivity index (χ1) is 20.5. The number of para-hydroxylation sites is 1. The molecule has 4 aromatic rings. The van der Waals surface area contributed by atoms with Crippen molar-refractivity contribution in [3.05, 3.63) is 89.1 Å². The summed E-state index contributed by atoms with van der Waals surface area (Å²) in [5, 5.41) is 24.7. The molecule has 0 aliphatic carbocycles. The number of alkyl carbamates (subject to hydrolysis) is 1. The number of methoxy groups -OCH3 is 1. The molecule has 9 nitrogen and oxygen atoms in total. The number of amides is 1. The first kappa shape index (κ1) is 29.1. The molecule has 1 aliphatic heterocycles. The first-order valence-electron chi connectivity index (χ1n) is 13.6. The molecule has 0 spiro atoms. The number of aliphatic hydroxyl groups excluding tert-OH is 1. The van der Waals surface area contributed by atoms with Gasteiger partial charge in [-0.15, -0.1) is 0 Å². The van der Waals surface area contributed by atoms with Crippen molar-refractivity contribution >= 4 is 34.3 Å². The number of aliphatic hydroxyl groups is 1. The molecule has 1 saturated heterocycles. The zero-order valence-corrected chi connectivity index (χ0v) is 23.9. The molecule has 42 heavy (non-hydrogen) atoms. The van der Waals surface area contributed by atoms with Gasteiger partial charge in [-0.1, -0.05) is 60.1 Å². The van der Waals surface area contributed by atoms with Gasteiger partial charge in [0.25, 0.3) is 0 Å². The number of carbonyl (C=O) groups excluding carboxylic acids is 1. The second-order valence-corrected chi connectivity index (χ2v) is 10.3. The quantitative estimate of drug-likeness (QED) is 0.253. The molecule has 5 rings (SSSR count). The van der Waals surface area contributed by atoms with Crippen molar-refractivity contribution in [3.63, 3.8) is 0 Å². The third-order valence-electron chi connectivity index (χ3n) is 7.19. The molecule has 3 aromatic carbocycles. The number of fused-ring (bicyclic) bond motifs is 1. The maximum Gasteiger partial charge on any atom is 0.407 e. The highest BCUT2D eigenvalue weighted by molar-refractivity contribution is 6.34. The Morgan fingerprint density at radius 1 is 1.17 bits per heavy atom. The minimum absolute atomic E-state index is 0.152. The Morgan fingerprint density at radius 2 is 2.00 bits per heavy atom. The smallest absolute Gasteiger partial charge is 0.407 e. The molecule has 1 aliphatic rings. The van der Waals surface area contributed by atoms with Gasteiger partial charge in [0, 0.05) is 37.3 Å². The van der Waals surface area contributed by atoms with Gasteiger partial charge < -0.3 is 29.5 Å². The number of anilines is 1. The van der Waals surface area contributed by atoms with Gasteiger partial charge in [0.15, 0.2) is 0 Å². The number of hydrogen-bond donors (Lipinski definition) is 2. The van der Waals surface area contributed by atoms with Crippen LogP contribution < -0.4 is 15.0 Å². The standard InChI is InChI=1S/C32H31ClN4O5/c1-40-14-15-41-31-23(17-34)8-5-9-24(31)22-10-11-27-25(16-22)30(26(33)18-35-27)37-13-12-28(29(38)19-37)36-32(39)42-20-21-6-3-2-4-7-21/h2-11,16,18,28-29,38H,12-15,19-20H2,1H3,(H,36,39)/t28-,29+/m0/s1. The summed E-state index contributed by atoms with van der Waals surface area (Å²) in [6.07, 6.45) is 0.671. The SMILES string of the molecule is COCCOc1c(C#N)cccc1-c1ccc2ncc(Cl)c(N3CC[C@H](NC(=O)OCc4ccccc4)[C@H](O)C3)c2c1. The predicted octanol–water partition coefficient (Wildman–Crippen LogP) is 5.32. The zero-order chi connectivity index (χ0) is 29.5. The van der Waals surface area contributed by atoms with E-state index < -0.39 is 18.2 Å². The van der Waals surface area contributed by atoms with Gasteiger partial charge in [0.2, 0.25) is 0 Å². The number of β-amino-alcohol motifs (C(OH)–C–C–N with tert-alkyl or cyclic N) is 1. The number of halogens is 1. The van der Waals surface area contributed by atoms with Crippen molar-refractivity contribution in [1.29, 1.82) is 5.26 Å². The van der Waals surface area contributed by atoms with Crippen LogP contribution in [0.15, 0.2) is 72.9 Å². The Hall–Kier alpha value is -4.36. The van der Waals surface area contributed by atoms with Crippen LogP contribution in [0.25, 0.3) is 22.0 Å². The van der Waals surface area contributed by atoms with Crippen molar-refractivity contribution in [2.45, 2.75) is 25.2 Å². The molecule has 1 fully saturated rings. The highest BCUT2D eigenvalue weighted by Crippen LogP contribution is 2.39. The van der Waals surface area contributed by atoms with Gasteiger partial charge in [0.05, 0.1) is 40.5 Å². The molecule has 2 atom stereocenters. The number of piperidine rings is 1. The van der Waals surface area contributed by atoms with E-state index in [1.54, 1.807) is 19.4 Å². The monoisotopic (exact) mass is 586 g/mol. The minimum Gasteiger partial charge on any atom is -0.489 e. The van der Waals surface area contributed by atoms with Crippen molar-refractivity contribution in [1.82, 2.24) is 10.3 Å². The lowest BCUT2D eigenvalue weighted by Gasteiger charge is -2.38. The molecule has 1 aromatic heterocycles. The zero-order valence-electron chi connectivity index (χ0n) is 23.1. The number of ether oxygens (including phenoxy) is 3. The molecule has 1 amide bonds. The Kier molecular flexibility index (Phi) is 9.39. The minimum atomic E-state index is -0.849. The van der Waals surface area contributed by atoms with Crippen LogP contribution in [0.2, 0.25) is 5.02 Å². The van der Waals surface area contributed by atoms with Crippen LogP contribution >= 0.6 is 11.6 Å². The first-order valence-corrected chi connectivity index (χ1v) is 14.0. The summed E-state index contributed by atoms with van der Waals surface area (Å²) in [6, 6.07) is 22.4. The fourth-order valence-electron chi connectivity index (χ4n) is 5.10. The van der Waals surface area contributed by atoms with Gasteiger partial charge in [-0.05, 0) is 35.7 Å². The summed E-state index contributed by atoms with van der Waals surface area (Å²) in [5.74, 6) is 0.481. The molecule has 0 saturated carbocycles. The van der Waals surface area contributed by atoms with Crippen molar-refractivity contribution in [2.24, 2.45) is 0 Å². The number of rotatable bonds is 9. The Morgan fingerprint density at radius 3 is 2.76 bits per heavy atom. The number of nitriles is 1. The summed E-state index contributed by atoms with van der Waals surface area (Å²) in [6.45, 7) is 1.63. The van der Waals surface area contributed by atoms with Crippen LogP contribution in [0.5, 0.6) is 5.75 Å². The van der Waals surface area contributed by atoms with Crippen molar-refractivity contribution in [2.75, 3.05) is 38.3 Å². The van der Waals surface area contributed by atoms with Crippen LogP contribution in [0.3, 0.4) is 0 Å². The lowest BCUT2D eigenvalue weighted by Crippen LogP contribution is -2.54. The van der Waals surface area contributed by atoms with E-state index >= 15 is 0 Å². The van der Waals surface area contributed by atoms with Crippen LogP contribution in [0.4, 0.5) is 10.5 Å². The third-order valence-corrected chi connectivity index (χ3v) is 7.47. The lowest BCUT2D eigenvalue weighted by atomic mass is 9.97. The van der Waals surface area contributed by atoms with E-state index in [1.165, 1.54) is 0 Å². The molecule has 216 valence electrons. The Bertz CT molecular complexity index is 1590. The van der Waals surface area contributed by atoms with E-state index in [-0.39, 0.29) is 13.2 Å². The average Bonchev–Trinajstić information content (AvgIpc) is 3.01. The summed E-state index contributed by atoms with van der Waals surface area (Å²) in [7, 11) is 1.59. The second-order valence-electron chi connectivity index (χ2n) is 9.94. The van der Waals surface area contributed by atoms with Gasteiger partial charge >= 0.3 is 6.09 Å². The van der Waals surface area contributed by atoms with Gasteiger partial charge in [-0.25, -0.2) is 4.79 Å². The van der Waals surface area contributed by atoms with Gasteiger partial charge in [0.1, 0.15) is 25.0 Å². The van der Waals surface area contributed by atoms with Crippen LogP contribution in [0.1, 0.15) is 17.5 Å². The molecule has 10 heteroatoms. The van der Waals surface area contributed by atoms with Crippen LogP contribution in [0, 0.1) is 11.3 Å². The number of hydrogen-bond acceptors (Lipinski definition) is 8. The molecule has 2 N–H and O–H groups in total. The maximum absolute atomic E-state index is 12.4. The van der Waals surface area contributed by atoms with E-state index in [1.807, 2.05) is 65.6 Å². The number of pyridine rings is 1. The average molecular weight is 587 g/mol. The van der Waals surface area contributed by atoms with Gasteiger partial charge in [-0.3, -0.25) is 4.98 Å². The molecule has 2 heterocycles. The molecule has 0 radical (unpaired) electrons. The number of nitrogens with zero attached hydrogens (tertiary/aromatic N) is 3. The second kappa shape index (κ2) is 13.5. The van der Waals surface area contributed by atoms with E-state index in [0.29, 0.717) is 42.5 Å². The summed E-state index contributed by atoms with van der Waals surface area (Å²) in [4.78, 5) is 18.9. The third kappa shape index (κ3) is 6.58. The predicted molar refractivity (Wildman–Crippen MR) is 161 cm³/mol. The van der Waals surface area contributed by atoms with E-state index in [4.69, 9.17) is 25.8 Å². The van der Waals surface area contributed by atoms with E-state index in [0.717, 1.165) is 33.3 Å². The highest BCUT2D eigenvalue weighted by atomic mass is 35.5. The summed E-state index contributed by atoms with van der Waals surface area (Å²) in [5.41, 5.74) is 4.37. The molecular weight excluding hydrogens is 556 g/mol.